The molecule has 2 heterocycles. The van der Waals surface area contributed by atoms with Crippen molar-refractivity contribution in [2.24, 2.45) is 0 Å². The molecular formula is C13H16BrN5O. The molecule has 1 aliphatic heterocycles. The molecule has 1 aromatic carbocycles. The van der Waals surface area contributed by atoms with Crippen LogP contribution < -0.4 is 5.73 Å². The van der Waals surface area contributed by atoms with Crippen LogP contribution in [0.25, 0.3) is 11.4 Å². The summed E-state index contributed by atoms with van der Waals surface area (Å²) < 4.78 is 8.45. The van der Waals surface area contributed by atoms with Gasteiger partial charge in [-0.05, 0) is 47.9 Å². The van der Waals surface area contributed by atoms with Gasteiger partial charge in [0.15, 0.2) is 5.82 Å². The molecule has 1 aromatic heterocycles. The third-order valence-electron chi connectivity index (χ3n) is 3.41. The van der Waals surface area contributed by atoms with Crippen LogP contribution in [0.15, 0.2) is 22.7 Å². The van der Waals surface area contributed by atoms with Gasteiger partial charge in [0.1, 0.15) is 0 Å². The van der Waals surface area contributed by atoms with E-state index in [0.717, 1.165) is 29.5 Å². The van der Waals surface area contributed by atoms with Crippen molar-refractivity contribution < 1.29 is 4.74 Å². The highest BCUT2D eigenvalue weighted by Crippen LogP contribution is 2.28. The molecule has 2 N–H and O–H groups in total. The third-order valence-corrected chi connectivity index (χ3v) is 4.11. The van der Waals surface area contributed by atoms with Gasteiger partial charge in [-0.3, -0.25) is 0 Å². The Labute approximate surface area is 125 Å². The number of nitrogens with zero attached hydrogens (tertiary/aromatic N) is 4. The van der Waals surface area contributed by atoms with Crippen LogP contribution in [-0.4, -0.2) is 32.9 Å². The number of hydrogen-bond donors (Lipinski definition) is 1. The Morgan fingerprint density at radius 3 is 3.10 bits per heavy atom. The number of benzene rings is 1. The number of nitrogen functional groups attached to an aromatic ring is 1. The molecule has 1 unspecified atom stereocenters. The Morgan fingerprint density at radius 2 is 2.30 bits per heavy atom. The van der Waals surface area contributed by atoms with E-state index in [1.807, 2.05) is 18.2 Å². The lowest BCUT2D eigenvalue weighted by atomic mass is 10.1. The maximum absolute atomic E-state index is 5.84. The second-order valence-electron chi connectivity index (χ2n) is 4.91. The maximum Gasteiger partial charge on any atom is 0.183 e. The number of tetrazole rings is 1. The number of halogens is 1. The number of nitrogens with two attached hydrogens (primary N) is 1. The van der Waals surface area contributed by atoms with Gasteiger partial charge in [0.25, 0.3) is 0 Å². The summed E-state index contributed by atoms with van der Waals surface area (Å²) in [6.07, 6.45) is 3.58. The van der Waals surface area contributed by atoms with Gasteiger partial charge in [-0.15, -0.1) is 5.10 Å². The van der Waals surface area contributed by atoms with Crippen molar-refractivity contribution in [3.8, 4) is 11.4 Å². The predicted molar refractivity (Wildman–Crippen MR) is 79.0 cm³/mol. The molecule has 1 aliphatic rings. The largest absolute Gasteiger partial charge is 0.399 e. The van der Waals surface area contributed by atoms with Crippen molar-refractivity contribution >= 4 is 21.6 Å². The fraction of sp³-hybridized carbons (Fsp3) is 0.462. The molecule has 6 nitrogen and oxygen atoms in total. The molecule has 0 saturated carbocycles. The second kappa shape index (κ2) is 5.88. The second-order valence-corrected chi connectivity index (χ2v) is 5.77. The topological polar surface area (TPSA) is 78.9 Å². The highest BCUT2D eigenvalue weighted by atomic mass is 79.9. The van der Waals surface area contributed by atoms with Crippen molar-refractivity contribution in [3.63, 3.8) is 0 Å². The lowest BCUT2D eigenvalue weighted by Gasteiger charge is -2.22. The third kappa shape index (κ3) is 2.83. The average molecular weight is 338 g/mol. The van der Waals surface area contributed by atoms with Gasteiger partial charge in [-0.1, -0.05) is 15.9 Å². The Kier molecular flexibility index (Phi) is 3.98. The predicted octanol–water partition coefficient (Wildman–Crippen LogP) is 2.25. The molecule has 20 heavy (non-hydrogen) atoms. The molecule has 0 radical (unpaired) electrons. The fourth-order valence-electron chi connectivity index (χ4n) is 2.38. The van der Waals surface area contributed by atoms with E-state index < -0.39 is 0 Å². The molecule has 1 fully saturated rings. The van der Waals surface area contributed by atoms with Gasteiger partial charge in [-0.2, -0.15) is 0 Å². The summed E-state index contributed by atoms with van der Waals surface area (Å²) >= 11 is 3.52. The molecule has 0 aliphatic carbocycles. The van der Waals surface area contributed by atoms with E-state index in [1.54, 1.807) is 4.68 Å². The van der Waals surface area contributed by atoms with Crippen LogP contribution in [0.2, 0.25) is 0 Å². The summed E-state index contributed by atoms with van der Waals surface area (Å²) in [4.78, 5) is 0. The minimum Gasteiger partial charge on any atom is -0.399 e. The van der Waals surface area contributed by atoms with Gasteiger partial charge in [0, 0.05) is 22.3 Å². The zero-order valence-corrected chi connectivity index (χ0v) is 12.6. The van der Waals surface area contributed by atoms with E-state index in [4.69, 9.17) is 10.5 Å². The van der Waals surface area contributed by atoms with Crippen LogP contribution in [0, 0.1) is 0 Å². The Morgan fingerprint density at radius 1 is 1.40 bits per heavy atom. The Balaban J connectivity index is 1.87. The van der Waals surface area contributed by atoms with Crippen LogP contribution in [0.5, 0.6) is 0 Å². The minimum atomic E-state index is 0.186. The first-order valence-corrected chi connectivity index (χ1v) is 7.46. The van der Waals surface area contributed by atoms with E-state index in [2.05, 4.69) is 31.5 Å². The zero-order valence-electron chi connectivity index (χ0n) is 11.0. The van der Waals surface area contributed by atoms with E-state index >= 15 is 0 Å². The van der Waals surface area contributed by atoms with E-state index in [9.17, 15) is 0 Å². The first-order valence-electron chi connectivity index (χ1n) is 6.67. The first kappa shape index (κ1) is 13.5. The van der Waals surface area contributed by atoms with Crippen molar-refractivity contribution in [3.05, 3.63) is 22.7 Å². The number of anilines is 1. The van der Waals surface area contributed by atoms with Gasteiger partial charge in [0.05, 0.1) is 12.6 Å². The summed E-state index contributed by atoms with van der Waals surface area (Å²) in [6, 6.07) is 5.61. The summed E-state index contributed by atoms with van der Waals surface area (Å²) in [5.41, 5.74) is 7.43. The number of rotatable bonds is 3. The molecule has 0 spiro atoms. The summed E-state index contributed by atoms with van der Waals surface area (Å²) in [7, 11) is 0. The molecule has 1 saturated heterocycles. The smallest absolute Gasteiger partial charge is 0.183 e. The van der Waals surface area contributed by atoms with Crippen molar-refractivity contribution in [1.29, 1.82) is 0 Å². The average Bonchev–Trinajstić information content (AvgIpc) is 2.91. The molecule has 2 aromatic rings. The van der Waals surface area contributed by atoms with Gasteiger partial charge >= 0.3 is 0 Å². The van der Waals surface area contributed by atoms with E-state index in [-0.39, 0.29) is 6.10 Å². The van der Waals surface area contributed by atoms with Gasteiger partial charge in [-0.25, -0.2) is 4.68 Å². The highest BCUT2D eigenvalue weighted by molar-refractivity contribution is 9.10. The maximum atomic E-state index is 5.84. The van der Waals surface area contributed by atoms with Crippen molar-refractivity contribution in [2.75, 3.05) is 12.3 Å². The summed E-state index contributed by atoms with van der Waals surface area (Å²) in [5, 5.41) is 12.0. The van der Waals surface area contributed by atoms with Crippen molar-refractivity contribution in [1.82, 2.24) is 20.2 Å². The lowest BCUT2D eigenvalue weighted by Crippen LogP contribution is -2.25. The Hall–Kier alpha value is -1.47. The SMILES string of the molecule is Nc1ccc(Br)c(-c2nnnn2CC2CCCCO2)c1. The van der Waals surface area contributed by atoms with E-state index in [0.29, 0.717) is 18.1 Å². The lowest BCUT2D eigenvalue weighted by molar-refractivity contribution is 0.00397. The van der Waals surface area contributed by atoms with Crippen LogP contribution in [0.1, 0.15) is 19.3 Å². The molecule has 1 atom stereocenters. The van der Waals surface area contributed by atoms with Crippen LogP contribution in [0.3, 0.4) is 0 Å². The van der Waals surface area contributed by atoms with Gasteiger partial charge < -0.3 is 10.5 Å². The molecular weight excluding hydrogens is 322 g/mol. The summed E-state index contributed by atoms with van der Waals surface area (Å²) in [6.45, 7) is 1.49. The molecule has 0 amide bonds. The Bertz CT molecular complexity index is 594. The zero-order chi connectivity index (χ0) is 13.9. The molecule has 3 rings (SSSR count). The minimum absolute atomic E-state index is 0.186. The van der Waals surface area contributed by atoms with Crippen LogP contribution in [0.4, 0.5) is 5.69 Å². The highest BCUT2D eigenvalue weighted by Gasteiger charge is 2.19. The van der Waals surface area contributed by atoms with E-state index in [1.165, 1.54) is 6.42 Å². The standard InChI is InChI=1S/C13H16BrN5O/c14-12-5-4-9(15)7-11(12)13-16-17-18-19(13)8-10-3-1-2-6-20-10/h4-5,7,10H,1-3,6,8,15H2. The summed E-state index contributed by atoms with van der Waals surface area (Å²) in [5.74, 6) is 0.707. The normalized spacial score (nSPS) is 19.1. The molecule has 0 bridgehead atoms. The van der Waals surface area contributed by atoms with Crippen molar-refractivity contribution in [2.45, 2.75) is 31.9 Å². The first-order chi connectivity index (χ1) is 9.74. The van der Waals surface area contributed by atoms with Gasteiger partial charge in [0.2, 0.25) is 0 Å². The number of aromatic nitrogens is 4. The quantitative estimate of drug-likeness (QED) is 0.869. The van der Waals surface area contributed by atoms with Crippen LogP contribution >= 0.6 is 15.9 Å². The number of ether oxygens (including phenoxy) is 1. The van der Waals surface area contributed by atoms with Crippen LogP contribution in [-0.2, 0) is 11.3 Å². The fourth-order valence-corrected chi connectivity index (χ4v) is 2.80. The molecule has 7 heteroatoms. The molecule has 106 valence electrons. The number of hydrogen-bond acceptors (Lipinski definition) is 5. The monoisotopic (exact) mass is 337 g/mol.